The molecule has 0 spiro atoms. The number of sulfonamides is 1. The van der Waals surface area contributed by atoms with Crippen molar-refractivity contribution in [3.63, 3.8) is 0 Å². The summed E-state index contributed by atoms with van der Waals surface area (Å²) in [6, 6.07) is 11.6. The fourth-order valence-electron chi connectivity index (χ4n) is 5.24. The van der Waals surface area contributed by atoms with E-state index in [1.807, 2.05) is 12.1 Å². The van der Waals surface area contributed by atoms with E-state index >= 15 is 0 Å². The number of carbonyl (C=O) groups is 2. The topological polar surface area (TPSA) is 99.3 Å². The third kappa shape index (κ3) is 7.75. The SMILES string of the molecule is COc1cc(C)c(S(=O)(=O)N(C)CC(=O)NCC(=O)N(C)Cc2ccc(N3CCC(C(C)C)CC3)cc2)c(C)c1. The number of piperidine rings is 1. The van der Waals surface area contributed by atoms with Crippen molar-refractivity contribution in [3.8, 4) is 5.75 Å². The quantitative estimate of drug-likeness (QED) is 0.442. The molecule has 10 heteroatoms. The fraction of sp³-hybridized carbons (Fsp3) is 0.533. The molecule has 9 nitrogen and oxygen atoms in total. The van der Waals surface area contributed by atoms with Crippen LogP contribution in [-0.4, -0.2) is 76.8 Å². The molecule has 2 aromatic carbocycles. The van der Waals surface area contributed by atoms with Gasteiger partial charge in [-0.15, -0.1) is 0 Å². The Kier molecular flexibility index (Phi) is 10.6. The van der Waals surface area contributed by atoms with Crippen molar-refractivity contribution in [2.45, 2.75) is 52.0 Å². The Bertz CT molecular complexity index is 1260. The molecule has 220 valence electrons. The molecule has 0 atom stereocenters. The van der Waals surface area contributed by atoms with Crippen LogP contribution in [0.15, 0.2) is 41.3 Å². The van der Waals surface area contributed by atoms with Crippen LogP contribution in [0.3, 0.4) is 0 Å². The molecule has 2 aromatic rings. The number of benzene rings is 2. The van der Waals surface area contributed by atoms with Crippen molar-refractivity contribution in [1.82, 2.24) is 14.5 Å². The molecule has 1 heterocycles. The van der Waals surface area contributed by atoms with Crippen molar-refractivity contribution in [2.75, 3.05) is 52.3 Å². The van der Waals surface area contributed by atoms with Crippen LogP contribution in [0, 0.1) is 25.7 Å². The van der Waals surface area contributed by atoms with Crippen molar-refractivity contribution in [2.24, 2.45) is 11.8 Å². The molecule has 0 radical (unpaired) electrons. The largest absolute Gasteiger partial charge is 0.497 e. The summed E-state index contributed by atoms with van der Waals surface area (Å²) < 4.78 is 32.5. The van der Waals surface area contributed by atoms with Crippen molar-refractivity contribution < 1.29 is 22.7 Å². The molecule has 0 saturated carbocycles. The van der Waals surface area contributed by atoms with Crippen LogP contribution in [0.4, 0.5) is 5.69 Å². The maximum absolute atomic E-state index is 13.2. The van der Waals surface area contributed by atoms with E-state index in [9.17, 15) is 18.0 Å². The second-order valence-corrected chi connectivity index (χ2v) is 13.1. The zero-order valence-corrected chi connectivity index (χ0v) is 25.7. The van der Waals surface area contributed by atoms with Gasteiger partial charge in [0.25, 0.3) is 0 Å². The molecule has 2 amide bonds. The normalized spacial score (nSPS) is 14.5. The molecule has 1 N–H and O–H groups in total. The molecule has 1 saturated heterocycles. The van der Waals surface area contributed by atoms with Crippen LogP contribution in [0.2, 0.25) is 0 Å². The lowest BCUT2D eigenvalue weighted by Crippen LogP contribution is -2.43. The van der Waals surface area contributed by atoms with Crippen LogP contribution in [0.5, 0.6) is 5.75 Å². The molecule has 0 bridgehead atoms. The van der Waals surface area contributed by atoms with Crippen LogP contribution in [0.25, 0.3) is 0 Å². The van der Waals surface area contributed by atoms with Gasteiger partial charge >= 0.3 is 0 Å². The molecule has 3 rings (SSSR count). The summed E-state index contributed by atoms with van der Waals surface area (Å²) in [6.45, 7) is 9.90. The Morgan fingerprint density at radius 2 is 1.62 bits per heavy atom. The van der Waals surface area contributed by atoms with E-state index in [0.717, 1.165) is 34.8 Å². The van der Waals surface area contributed by atoms with Gasteiger partial charge in [-0.25, -0.2) is 8.42 Å². The minimum absolute atomic E-state index is 0.144. The fourth-order valence-corrected chi connectivity index (χ4v) is 6.77. The number of anilines is 1. The number of nitrogens with zero attached hydrogens (tertiary/aromatic N) is 3. The minimum Gasteiger partial charge on any atom is -0.497 e. The Balaban J connectivity index is 1.49. The molecule has 0 aliphatic carbocycles. The monoisotopic (exact) mass is 572 g/mol. The first-order valence-corrected chi connectivity index (χ1v) is 15.2. The second-order valence-electron chi connectivity index (χ2n) is 11.1. The third-order valence-electron chi connectivity index (χ3n) is 7.77. The van der Waals surface area contributed by atoms with Crippen LogP contribution in [-0.2, 0) is 26.2 Å². The molecule has 0 aromatic heterocycles. The number of ether oxygens (including phenoxy) is 1. The van der Waals surface area contributed by atoms with Gasteiger partial charge in [0.15, 0.2) is 0 Å². The van der Waals surface area contributed by atoms with Gasteiger partial charge in [-0.2, -0.15) is 4.31 Å². The number of nitrogens with one attached hydrogen (secondary N) is 1. The number of aryl methyl sites for hydroxylation is 2. The van der Waals surface area contributed by atoms with E-state index in [0.29, 0.717) is 23.4 Å². The van der Waals surface area contributed by atoms with Crippen LogP contribution in [0.1, 0.15) is 43.4 Å². The van der Waals surface area contributed by atoms with E-state index in [1.54, 1.807) is 37.9 Å². The predicted octanol–water partition coefficient (Wildman–Crippen LogP) is 3.58. The number of hydrogen-bond donors (Lipinski definition) is 1. The van der Waals surface area contributed by atoms with Gasteiger partial charge in [-0.1, -0.05) is 26.0 Å². The second kappa shape index (κ2) is 13.5. The molecular weight excluding hydrogens is 528 g/mol. The van der Waals surface area contributed by atoms with Gasteiger partial charge < -0.3 is 19.9 Å². The highest BCUT2D eigenvalue weighted by Crippen LogP contribution is 2.29. The zero-order chi connectivity index (χ0) is 29.6. The average molecular weight is 573 g/mol. The molecule has 40 heavy (non-hydrogen) atoms. The molecular formula is C30H44N4O5S. The Labute approximate surface area is 239 Å². The lowest BCUT2D eigenvalue weighted by atomic mass is 9.86. The van der Waals surface area contributed by atoms with Gasteiger partial charge in [0.1, 0.15) is 5.75 Å². The summed E-state index contributed by atoms with van der Waals surface area (Å²) in [5, 5.41) is 2.55. The minimum atomic E-state index is -3.92. The van der Waals surface area contributed by atoms with Gasteiger partial charge in [0, 0.05) is 39.4 Å². The molecule has 1 aliphatic heterocycles. The van der Waals surface area contributed by atoms with E-state index in [-0.39, 0.29) is 17.3 Å². The summed E-state index contributed by atoms with van der Waals surface area (Å²) in [7, 11) is 0.637. The Hall–Kier alpha value is -3.11. The van der Waals surface area contributed by atoms with Crippen LogP contribution < -0.4 is 15.0 Å². The van der Waals surface area contributed by atoms with Crippen molar-refractivity contribution in [1.29, 1.82) is 0 Å². The number of carbonyl (C=O) groups excluding carboxylic acids is 2. The van der Waals surface area contributed by atoms with E-state index in [2.05, 4.69) is 36.2 Å². The first kappa shape index (κ1) is 31.4. The maximum Gasteiger partial charge on any atom is 0.243 e. The Morgan fingerprint density at radius 1 is 1.05 bits per heavy atom. The number of rotatable bonds is 11. The van der Waals surface area contributed by atoms with E-state index in [4.69, 9.17) is 4.74 Å². The van der Waals surface area contributed by atoms with Crippen molar-refractivity contribution in [3.05, 3.63) is 53.1 Å². The smallest absolute Gasteiger partial charge is 0.243 e. The van der Waals surface area contributed by atoms with Crippen LogP contribution >= 0.6 is 0 Å². The summed E-state index contributed by atoms with van der Waals surface area (Å²) in [5.74, 6) is 1.27. The maximum atomic E-state index is 13.2. The highest BCUT2D eigenvalue weighted by Gasteiger charge is 2.27. The average Bonchev–Trinajstić information content (AvgIpc) is 2.91. The number of amides is 2. The van der Waals surface area contributed by atoms with E-state index in [1.165, 1.54) is 32.7 Å². The lowest BCUT2D eigenvalue weighted by molar-refractivity contribution is -0.132. The first-order chi connectivity index (χ1) is 18.8. The third-order valence-corrected chi connectivity index (χ3v) is 9.88. The van der Waals surface area contributed by atoms with E-state index < -0.39 is 22.5 Å². The number of methoxy groups -OCH3 is 1. The van der Waals surface area contributed by atoms with Gasteiger partial charge in [-0.3, -0.25) is 9.59 Å². The molecule has 0 unspecified atom stereocenters. The van der Waals surface area contributed by atoms with Crippen molar-refractivity contribution >= 4 is 27.5 Å². The predicted molar refractivity (Wildman–Crippen MR) is 158 cm³/mol. The Morgan fingerprint density at radius 3 is 2.15 bits per heavy atom. The van der Waals surface area contributed by atoms with Gasteiger partial charge in [0.2, 0.25) is 21.8 Å². The van der Waals surface area contributed by atoms with Gasteiger partial charge in [0.05, 0.1) is 25.1 Å². The summed E-state index contributed by atoms with van der Waals surface area (Å²) >= 11 is 0. The highest BCUT2D eigenvalue weighted by molar-refractivity contribution is 7.89. The number of hydrogen-bond acceptors (Lipinski definition) is 6. The molecule has 1 fully saturated rings. The number of likely N-dealkylation sites (N-methyl/N-ethyl adjacent to an activating group) is 2. The lowest BCUT2D eigenvalue weighted by Gasteiger charge is -2.35. The standard InChI is InChI=1S/C30H44N4O5S/c1-21(2)25-12-14-34(15-13-25)26-10-8-24(9-11-26)19-32(5)29(36)18-31-28(35)20-33(6)40(37,38)30-22(3)16-27(39-7)17-23(30)4/h8-11,16-17,21,25H,12-15,18-20H2,1-7H3,(H,31,35). The first-order valence-electron chi connectivity index (χ1n) is 13.8. The highest BCUT2D eigenvalue weighted by atomic mass is 32.2. The molecule has 1 aliphatic rings. The zero-order valence-electron chi connectivity index (χ0n) is 24.9. The summed E-state index contributed by atoms with van der Waals surface area (Å²) in [5.41, 5.74) is 3.26. The van der Waals surface area contributed by atoms with Gasteiger partial charge in [-0.05, 0) is 79.5 Å². The summed E-state index contributed by atoms with van der Waals surface area (Å²) in [6.07, 6.45) is 2.43. The summed E-state index contributed by atoms with van der Waals surface area (Å²) in [4.78, 5) is 29.3.